The quantitative estimate of drug-likeness (QED) is 0.415. The van der Waals surface area contributed by atoms with Crippen molar-refractivity contribution in [2.45, 2.75) is 17.2 Å². The summed E-state index contributed by atoms with van der Waals surface area (Å²) in [6.45, 7) is 0.883. The van der Waals surface area contributed by atoms with Crippen molar-refractivity contribution in [3.8, 4) is 0 Å². The maximum atomic E-state index is 13.2. The summed E-state index contributed by atoms with van der Waals surface area (Å²) in [7, 11) is 0. The van der Waals surface area contributed by atoms with Gasteiger partial charge in [-0.2, -0.15) is 0 Å². The number of benzene rings is 2. The van der Waals surface area contributed by atoms with E-state index in [1.807, 2.05) is 24.3 Å². The maximum Gasteiger partial charge on any atom is 0.237 e. The molecule has 0 aliphatic carbocycles. The molecule has 0 bridgehead atoms. The number of rotatable bonds is 6. The molecule has 2 aliphatic rings. The summed E-state index contributed by atoms with van der Waals surface area (Å²) in [6, 6.07) is 13.5. The van der Waals surface area contributed by atoms with Crippen molar-refractivity contribution in [1.82, 2.24) is 10.2 Å². The highest BCUT2D eigenvalue weighted by Gasteiger charge is 2.35. The lowest BCUT2D eigenvalue weighted by Crippen LogP contribution is -2.30. The lowest BCUT2D eigenvalue weighted by Gasteiger charge is -2.16. The van der Waals surface area contributed by atoms with Crippen LogP contribution < -0.4 is 15.1 Å². The average molecular weight is 498 g/mol. The number of thioether (sulfide) groups is 1. The van der Waals surface area contributed by atoms with Gasteiger partial charge in [0, 0.05) is 30.9 Å². The van der Waals surface area contributed by atoms with Gasteiger partial charge in [-0.25, -0.2) is 4.39 Å². The van der Waals surface area contributed by atoms with Gasteiger partial charge < -0.3 is 15.1 Å². The number of amides is 3. The molecule has 0 radical (unpaired) electrons. The number of hydrogen-bond donors (Lipinski definition) is 1. The summed E-state index contributed by atoms with van der Waals surface area (Å²) in [5, 5.41) is 11.1. The predicted octanol–water partition coefficient (Wildman–Crippen LogP) is 3.35. The van der Waals surface area contributed by atoms with E-state index < -0.39 is 5.92 Å². The molecule has 1 N–H and O–H groups in total. The van der Waals surface area contributed by atoms with E-state index in [1.54, 1.807) is 4.90 Å². The Morgan fingerprint density at radius 1 is 1.15 bits per heavy atom. The highest BCUT2D eigenvalue weighted by Crippen LogP contribution is 2.31. The van der Waals surface area contributed by atoms with Gasteiger partial charge in [0.25, 0.3) is 0 Å². The monoisotopic (exact) mass is 497 g/mol. The molecule has 8 nitrogen and oxygen atoms in total. The second-order valence-corrected chi connectivity index (χ2v) is 10.2. The standard InChI is InChI=1S/C23H20FN5O3S2/c24-16-5-7-17(8-6-16)29-12-15(11-19(29)30)21(32)25-22-26-27-23(34-22)33-13-20(31)28-10-9-14-3-1-2-4-18(14)28/h1-8,15H,9-13H2,(H,25,26,32). The zero-order valence-electron chi connectivity index (χ0n) is 17.9. The van der Waals surface area contributed by atoms with Crippen LogP contribution in [0.25, 0.3) is 0 Å². The summed E-state index contributed by atoms with van der Waals surface area (Å²) in [6.07, 6.45) is 0.916. The third kappa shape index (κ3) is 4.66. The maximum absolute atomic E-state index is 13.2. The Hall–Kier alpha value is -3.31. The Morgan fingerprint density at radius 2 is 1.94 bits per heavy atom. The Balaban J connectivity index is 1.14. The molecule has 2 aliphatic heterocycles. The molecular formula is C23H20FN5O3S2. The number of aromatic nitrogens is 2. The van der Waals surface area contributed by atoms with Crippen molar-refractivity contribution >= 4 is 57.3 Å². The van der Waals surface area contributed by atoms with Crippen LogP contribution in [-0.4, -0.2) is 46.8 Å². The van der Waals surface area contributed by atoms with Crippen molar-refractivity contribution in [3.05, 3.63) is 59.9 Å². The first-order chi connectivity index (χ1) is 16.5. The van der Waals surface area contributed by atoms with E-state index in [2.05, 4.69) is 15.5 Å². The fourth-order valence-electron chi connectivity index (χ4n) is 4.08. The molecule has 34 heavy (non-hydrogen) atoms. The second-order valence-electron chi connectivity index (χ2n) is 7.96. The molecule has 5 rings (SSSR count). The minimum absolute atomic E-state index is 0.00101. The molecule has 3 heterocycles. The molecular weight excluding hydrogens is 477 g/mol. The molecule has 1 atom stereocenters. The first-order valence-corrected chi connectivity index (χ1v) is 12.5. The van der Waals surface area contributed by atoms with Crippen LogP contribution in [0, 0.1) is 11.7 Å². The lowest BCUT2D eigenvalue weighted by molar-refractivity contribution is -0.122. The normalized spacial score (nSPS) is 17.2. The zero-order chi connectivity index (χ0) is 23.7. The van der Waals surface area contributed by atoms with Crippen LogP contribution in [0.3, 0.4) is 0 Å². The third-order valence-corrected chi connectivity index (χ3v) is 7.73. The van der Waals surface area contributed by atoms with Crippen LogP contribution in [0.1, 0.15) is 12.0 Å². The fourth-order valence-corrected chi connectivity index (χ4v) is 5.71. The number of halogens is 1. The number of anilines is 3. The highest BCUT2D eigenvalue weighted by atomic mass is 32.2. The van der Waals surface area contributed by atoms with E-state index in [0.29, 0.717) is 21.7 Å². The van der Waals surface area contributed by atoms with Crippen LogP contribution in [0.2, 0.25) is 0 Å². The van der Waals surface area contributed by atoms with Crippen molar-refractivity contribution < 1.29 is 18.8 Å². The van der Waals surface area contributed by atoms with Crippen LogP contribution in [0.4, 0.5) is 20.9 Å². The SMILES string of the molecule is O=C(Nc1nnc(SCC(=O)N2CCc3ccccc32)s1)C1CC(=O)N(c2ccc(F)cc2)C1. The number of nitrogens with zero attached hydrogens (tertiary/aromatic N) is 4. The van der Waals surface area contributed by atoms with Gasteiger partial charge in [0.05, 0.1) is 11.7 Å². The molecule has 1 aromatic heterocycles. The molecule has 174 valence electrons. The van der Waals surface area contributed by atoms with Gasteiger partial charge in [-0.3, -0.25) is 14.4 Å². The van der Waals surface area contributed by atoms with Crippen molar-refractivity contribution in [3.63, 3.8) is 0 Å². The van der Waals surface area contributed by atoms with Gasteiger partial charge in [-0.15, -0.1) is 10.2 Å². The molecule has 2 aromatic carbocycles. The third-order valence-electron chi connectivity index (χ3n) is 5.78. The van der Waals surface area contributed by atoms with Gasteiger partial charge in [-0.1, -0.05) is 41.3 Å². The van der Waals surface area contributed by atoms with Crippen molar-refractivity contribution in [2.24, 2.45) is 5.92 Å². The summed E-state index contributed by atoms with van der Waals surface area (Å²) >= 11 is 2.47. The van der Waals surface area contributed by atoms with Gasteiger partial charge >= 0.3 is 0 Å². The smallest absolute Gasteiger partial charge is 0.237 e. The predicted molar refractivity (Wildman–Crippen MR) is 129 cm³/mol. The van der Waals surface area contributed by atoms with Crippen molar-refractivity contribution in [2.75, 3.05) is 34.0 Å². The number of nitrogens with one attached hydrogen (secondary N) is 1. The molecule has 1 saturated heterocycles. The largest absolute Gasteiger partial charge is 0.312 e. The number of carbonyl (C=O) groups is 3. The fraction of sp³-hybridized carbons (Fsp3) is 0.261. The summed E-state index contributed by atoms with van der Waals surface area (Å²) in [4.78, 5) is 41.0. The van der Waals surface area contributed by atoms with E-state index in [9.17, 15) is 18.8 Å². The first kappa shape index (κ1) is 22.5. The Labute approximate surface area is 203 Å². The van der Waals surface area contributed by atoms with Gasteiger partial charge in [0.2, 0.25) is 22.9 Å². The summed E-state index contributed by atoms with van der Waals surface area (Å²) in [5.74, 6) is -1.23. The number of carbonyl (C=O) groups excluding carboxylic acids is 3. The van der Waals surface area contributed by atoms with Gasteiger partial charge in [0.15, 0.2) is 4.34 Å². The van der Waals surface area contributed by atoms with Crippen LogP contribution >= 0.6 is 23.1 Å². The minimum Gasteiger partial charge on any atom is -0.312 e. The molecule has 0 saturated carbocycles. The van der Waals surface area contributed by atoms with E-state index in [1.165, 1.54) is 57.8 Å². The van der Waals surface area contributed by atoms with E-state index in [0.717, 1.165) is 12.1 Å². The Morgan fingerprint density at radius 3 is 2.76 bits per heavy atom. The lowest BCUT2D eigenvalue weighted by atomic mass is 10.1. The summed E-state index contributed by atoms with van der Waals surface area (Å²) in [5.41, 5.74) is 2.69. The van der Waals surface area contributed by atoms with Crippen LogP contribution in [0.5, 0.6) is 0 Å². The molecule has 1 unspecified atom stereocenters. The Bertz CT molecular complexity index is 1250. The number of hydrogen-bond acceptors (Lipinski definition) is 7. The average Bonchev–Trinajstić information content (AvgIpc) is 3.56. The zero-order valence-corrected chi connectivity index (χ0v) is 19.6. The highest BCUT2D eigenvalue weighted by molar-refractivity contribution is 8.01. The minimum atomic E-state index is -0.547. The Kier molecular flexibility index (Phi) is 6.29. The van der Waals surface area contributed by atoms with Crippen LogP contribution in [0.15, 0.2) is 52.9 Å². The molecule has 3 aromatic rings. The molecule has 1 fully saturated rings. The second kappa shape index (κ2) is 9.51. The molecule has 11 heteroatoms. The van der Waals surface area contributed by atoms with Gasteiger partial charge in [0.1, 0.15) is 5.82 Å². The van der Waals surface area contributed by atoms with Crippen LogP contribution in [-0.2, 0) is 20.8 Å². The first-order valence-electron chi connectivity index (χ1n) is 10.7. The van der Waals surface area contributed by atoms with E-state index >= 15 is 0 Å². The summed E-state index contributed by atoms with van der Waals surface area (Å²) < 4.78 is 13.7. The number of para-hydroxylation sites is 1. The topological polar surface area (TPSA) is 95.5 Å². The molecule has 0 spiro atoms. The molecule has 3 amide bonds. The van der Waals surface area contributed by atoms with Crippen molar-refractivity contribution in [1.29, 1.82) is 0 Å². The number of fused-ring (bicyclic) bond motifs is 1. The van der Waals surface area contributed by atoms with E-state index in [4.69, 9.17) is 0 Å². The van der Waals surface area contributed by atoms with E-state index in [-0.39, 0.29) is 42.3 Å². The van der Waals surface area contributed by atoms with Gasteiger partial charge in [-0.05, 0) is 42.3 Å².